The minimum absolute atomic E-state index is 0.0720. The van der Waals surface area contributed by atoms with Crippen LogP contribution in [0.5, 0.6) is 0 Å². The Hall–Kier alpha value is -2.03. The number of carbonyl (C=O) groups excluding carboxylic acids is 1. The van der Waals surface area contributed by atoms with E-state index in [0.29, 0.717) is 17.2 Å². The monoisotopic (exact) mass is 461 g/mol. The molecule has 2 bridgehead atoms. The summed E-state index contributed by atoms with van der Waals surface area (Å²) in [4.78, 5) is 15.6. The summed E-state index contributed by atoms with van der Waals surface area (Å²) in [6.07, 6.45) is 6.56. The van der Waals surface area contributed by atoms with Crippen LogP contribution in [0, 0.1) is 17.8 Å². The highest BCUT2D eigenvalue weighted by Gasteiger charge is 2.51. The Balaban J connectivity index is 1.38. The van der Waals surface area contributed by atoms with E-state index in [2.05, 4.69) is 72.4 Å². The summed E-state index contributed by atoms with van der Waals surface area (Å²) in [7, 11) is 0. The van der Waals surface area contributed by atoms with E-state index in [4.69, 9.17) is 4.42 Å². The summed E-state index contributed by atoms with van der Waals surface area (Å²) in [5, 5.41) is 0. The fourth-order valence-electron chi connectivity index (χ4n) is 7.57. The molecule has 2 atom stereocenters. The van der Waals surface area contributed by atoms with Gasteiger partial charge in [0.15, 0.2) is 5.76 Å². The fourth-order valence-corrected chi connectivity index (χ4v) is 7.57. The molecule has 1 aromatic heterocycles. The van der Waals surface area contributed by atoms with Gasteiger partial charge in [-0.1, -0.05) is 60.6 Å². The maximum absolute atomic E-state index is 13.5. The lowest BCUT2D eigenvalue weighted by Crippen LogP contribution is -2.37. The van der Waals surface area contributed by atoms with E-state index < -0.39 is 0 Å². The van der Waals surface area contributed by atoms with Gasteiger partial charge in [0.1, 0.15) is 5.76 Å². The van der Waals surface area contributed by atoms with Crippen LogP contribution in [-0.4, -0.2) is 23.4 Å². The first-order valence-electron chi connectivity index (χ1n) is 13.2. The van der Waals surface area contributed by atoms with E-state index >= 15 is 0 Å². The first-order valence-corrected chi connectivity index (χ1v) is 13.2. The van der Waals surface area contributed by atoms with Crippen molar-refractivity contribution in [3.8, 4) is 0 Å². The third-order valence-corrected chi connectivity index (χ3v) is 9.22. The molecule has 2 heterocycles. The lowest BCUT2D eigenvalue weighted by molar-refractivity contribution is 0.0675. The van der Waals surface area contributed by atoms with Gasteiger partial charge in [-0.15, -0.1) is 0 Å². The topological polar surface area (TPSA) is 33.5 Å². The molecule has 184 valence electrons. The molecule has 1 aromatic carbocycles. The van der Waals surface area contributed by atoms with Crippen molar-refractivity contribution in [3.05, 3.63) is 58.0 Å². The first-order chi connectivity index (χ1) is 15.7. The molecule has 2 unspecified atom stereocenters. The second-order valence-corrected chi connectivity index (χ2v) is 14.2. The quantitative estimate of drug-likeness (QED) is 0.472. The van der Waals surface area contributed by atoms with Crippen molar-refractivity contribution in [1.29, 1.82) is 0 Å². The van der Waals surface area contributed by atoms with E-state index in [1.165, 1.54) is 41.5 Å². The van der Waals surface area contributed by atoms with Crippen LogP contribution in [0.2, 0.25) is 0 Å². The van der Waals surface area contributed by atoms with Crippen LogP contribution in [0.3, 0.4) is 0 Å². The summed E-state index contributed by atoms with van der Waals surface area (Å²) in [6, 6.07) is 9.07. The van der Waals surface area contributed by atoms with Crippen LogP contribution < -0.4 is 0 Å². The molecule has 1 saturated heterocycles. The molecule has 1 aliphatic heterocycles. The lowest BCUT2D eigenvalue weighted by atomic mass is 9.62. The van der Waals surface area contributed by atoms with Crippen molar-refractivity contribution in [3.63, 3.8) is 0 Å². The number of likely N-dealkylation sites (tertiary alicyclic amines) is 1. The van der Waals surface area contributed by atoms with Gasteiger partial charge < -0.3 is 9.32 Å². The molecule has 2 aromatic rings. The SMILES string of the molecule is Cc1cc2c(cc1Cc1ccc(C(=O)N3CC4(C)CC3CC(C)(C)C4)o1)C(C)(C)CCC2(C)C. The van der Waals surface area contributed by atoms with Gasteiger partial charge in [0, 0.05) is 19.0 Å². The van der Waals surface area contributed by atoms with Crippen LogP contribution >= 0.6 is 0 Å². The number of fused-ring (bicyclic) bond motifs is 3. The van der Waals surface area contributed by atoms with Crippen LogP contribution in [0.4, 0.5) is 0 Å². The third kappa shape index (κ3) is 4.03. The van der Waals surface area contributed by atoms with E-state index in [9.17, 15) is 4.79 Å². The van der Waals surface area contributed by atoms with Crippen LogP contribution in [0.15, 0.2) is 28.7 Å². The predicted molar refractivity (Wildman–Crippen MR) is 139 cm³/mol. The third-order valence-electron chi connectivity index (χ3n) is 9.22. The Morgan fingerprint density at radius 2 is 1.62 bits per heavy atom. The number of amides is 1. The predicted octanol–water partition coefficient (Wildman–Crippen LogP) is 7.57. The molecule has 5 rings (SSSR count). The highest BCUT2D eigenvalue weighted by atomic mass is 16.4. The second kappa shape index (κ2) is 7.48. The summed E-state index contributed by atoms with van der Waals surface area (Å²) in [5.41, 5.74) is 6.55. The highest BCUT2D eigenvalue weighted by Crippen LogP contribution is 2.53. The summed E-state index contributed by atoms with van der Waals surface area (Å²) in [6.45, 7) is 19.6. The molecule has 3 aliphatic rings. The number of hydrogen-bond acceptors (Lipinski definition) is 2. The molecule has 0 radical (unpaired) electrons. The molecule has 3 nitrogen and oxygen atoms in total. The zero-order valence-corrected chi connectivity index (χ0v) is 22.6. The first kappa shape index (κ1) is 23.7. The average Bonchev–Trinajstić information content (AvgIpc) is 3.27. The molecule has 34 heavy (non-hydrogen) atoms. The van der Waals surface area contributed by atoms with E-state index in [-0.39, 0.29) is 22.2 Å². The molecule has 3 heteroatoms. The van der Waals surface area contributed by atoms with Gasteiger partial charge in [-0.3, -0.25) is 4.79 Å². The number of hydrogen-bond donors (Lipinski definition) is 0. The van der Waals surface area contributed by atoms with Crippen molar-refractivity contribution in [1.82, 2.24) is 4.90 Å². The molecule has 1 saturated carbocycles. The zero-order valence-electron chi connectivity index (χ0n) is 22.6. The number of nitrogens with zero attached hydrogens (tertiary/aromatic N) is 1. The van der Waals surface area contributed by atoms with Crippen molar-refractivity contribution < 1.29 is 9.21 Å². The van der Waals surface area contributed by atoms with Gasteiger partial charge in [-0.25, -0.2) is 0 Å². The molecule has 0 spiro atoms. The van der Waals surface area contributed by atoms with E-state index in [1.807, 2.05) is 12.1 Å². The second-order valence-electron chi connectivity index (χ2n) is 14.2. The van der Waals surface area contributed by atoms with Gasteiger partial charge in [0.25, 0.3) is 5.91 Å². The molecular weight excluding hydrogens is 418 g/mol. The maximum atomic E-state index is 13.5. The highest BCUT2D eigenvalue weighted by molar-refractivity contribution is 5.92. The van der Waals surface area contributed by atoms with Crippen LogP contribution in [0.1, 0.15) is 119 Å². The smallest absolute Gasteiger partial charge is 0.289 e. The molecule has 2 aliphatic carbocycles. The van der Waals surface area contributed by atoms with E-state index in [1.54, 1.807) is 0 Å². The van der Waals surface area contributed by atoms with Crippen LogP contribution in [0.25, 0.3) is 0 Å². The standard InChI is InChI=1S/C31H43NO2/c1-20-13-24-25(30(6,7)12-11-29(24,4)5)15-21(20)14-23-9-10-26(34-23)27(33)32-19-31(8)17-22(32)16-28(2,3)18-31/h9-10,13,15,22H,11-12,14,16-19H2,1-8H3. The van der Waals surface area contributed by atoms with Crippen LogP contribution in [-0.2, 0) is 17.3 Å². The number of aryl methyl sites for hydroxylation is 1. The number of rotatable bonds is 3. The minimum Gasteiger partial charge on any atom is -0.456 e. The molecule has 0 N–H and O–H groups in total. The summed E-state index contributed by atoms with van der Waals surface area (Å²) >= 11 is 0. The normalized spacial score (nSPS) is 28.6. The Bertz CT molecular complexity index is 1130. The Labute approximate surface area is 206 Å². The lowest BCUT2D eigenvalue weighted by Gasteiger charge is -2.42. The van der Waals surface area contributed by atoms with Gasteiger partial charge in [0.2, 0.25) is 0 Å². The Morgan fingerprint density at radius 3 is 2.29 bits per heavy atom. The molecular formula is C31H43NO2. The van der Waals surface area contributed by atoms with E-state index in [0.717, 1.165) is 31.6 Å². The number of furan rings is 1. The van der Waals surface area contributed by atoms with Crippen molar-refractivity contribution in [2.45, 2.75) is 111 Å². The fraction of sp³-hybridized carbons (Fsp3) is 0.645. The minimum atomic E-state index is 0.0720. The van der Waals surface area contributed by atoms with Gasteiger partial charge in [0.05, 0.1) is 0 Å². The Kier molecular flexibility index (Phi) is 5.22. The van der Waals surface area contributed by atoms with Crippen molar-refractivity contribution in [2.75, 3.05) is 6.54 Å². The number of benzene rings is 1. The largest absolute Gasteiger partial charge is 0.456 e. The molecule has 1 amide bonds. The summed E-state index contributed by atoms with van der Waals surface area (Å²) in [5.74, 6) is 1.46. The van der Waals surface area contributed by atoms with Gasteiger partial charge in [-0.05, 0) is 95.1 Å². The molecule has 2 fully saturated rings. The average molecular weight is 462 g/mol. The van der Waals surface area contributed by atoms with Crippen molar-refractivity contribution >= 4 is 5.91 Å². The zero-order chi connectivity index (χ0) is 24.7. The summed E-state index contributed by atoms with van der Waals surface area (Å²) < 4.78 is 6.20. The Morgan fingerprint density at radius 1 is 0.971 bits per heavy atom. The van der Waals surface area contributed by atoms with Gasteiger partial charge in [-0.2, -0.15) is 0 Å². The van der Waals surface area contributed by atoms with Crippen molar-refractivity contribution in [2.24, 2.45) is 10.8 Å². The maximum Gasteiger partial charge on any atom is 0.289 e. The van der Waals surface area contributed by atoms with Gasteiger partial charge >= 0.3 is 0 Å². The number of carbonyl (C=O) groups is 1.